The van der Waals surface area contributed by atoms with Gasteiger partial charge in [0.25, 0.3) is 5.91 Å². The normalized spacial score (nSPS) is 20.4. The third kappa shape index (κ3) is 3.55. The molecule has 25 heavy (non-hydrogen) atoms. The molecule has 7 heteroatoms. The minimum atomic E-state index is -0.871. The van der Waals surface area contributed by atoms with Gasteiger partial charge in [-0.1, -0.05) is 32.0 Å². The van der Waals surface area contributed by atoms with Crippen LogP contribution in [0.5, 0.6) is 0 Å². The van der Waals surface area contributed by atoms with Crippen molar-refractivity contribution in [3.8, 4) is 11.5 Å². The van der Waals surface area contributed by atoms with Crippen molar-refractivity contribution >= 4 is 11.9 Å². The summed E-state index contributed by atoms with van der Waals surface area (Å²) >= 11 is 0. The molecule has 1 unspecified atom stereocenters. The Hall–Kier alpha value is -2.70. The first-order valence-corrected chi connectivity index (χ1v) is 8.41. The number of rotatable bonds is 6. The molecule has 2 aromatic rings. The monoisotopic (exact) mass is 342 g/mol. The number of amides is 3. The maximum Gasteiger partial charge on any atom is 0.325 e. The van der Waals surface area contributed by atoms with Crippen molar-refractivity contribution < 1.29 is 14.0 Å². The molecule has 0 bridgehead atoms. The van der Waals surface area contributed by atoms with Crippen LogP contribution in [0.1, 0.15) is 39.5 Å². The standard InChI is InChI=1S/C18H22N4O3/c1-12(2)9-10-18(3)16(23)22(17(24)19-18)11-14-20-21-15(25-14)13-7-5-4-6-8-13/h4-8,12H,9-11H2,1-3H3,(H,19,24). The van der Waals surface area contributed by atoms with E-state index in [9.17, 15) is 9.59 Å². The molecule has 0 radical (unpaired) electrons. The van der Waals surface area contributed by atoms with Crippen LogP contribution in [0.3, 0.4) is 0 Å². The molecule has 1 fully saturated rings. The first-order chi connectivity index (χ1) is 11.9. The lowest BCUT2D eigenvalue weighted by Crippen LogP contribution is -2.44. The highest BCUT2D eigenvalue weighted by atomic mass is 16.4. The SMILES string of the molecule is CC(C)CCC1(C)NC(=O)N(Cc2nnc(-c3ccccc3)o2)C1=O. The second-order valence-corrected chi connectivity index (χ2v) is 6.95. The maximum atomic E-state index is 12.7. The second-order valence-electron chi connectivity index (χ2n) is 6.95. The second kappa shape index (κ2) is 6.66. The first kappa shape index (κ1) is 17.1. The summed E-state index contributed by atoms with van der Waals surface area (Å²) in [5, 5.41) is 10.7. The Labute approximate surface area is 146 Å². The lowest BCUT2D eigenvalue weighted by molar-refractivity contribution is -0.131. The van der Waals surface area contributed by atoms with E-state index < -0.39 is 11.6 Å². The van der Waals surface area contributed by atoms with Gasteiger partial charge in [-0.3, -0.25) is 9.69 Å². The van der Waals surface area contributed by atoms with Gasteiger partial charge in [-0.25, -0.2) is 4.79 Å². The summed E-state index contributed by atoms with van der Waals surface area (Å²) in [6.45, 7) is 5.92. The number of hydrogen-bond acceptors (Lipinski definition) is 5. The highest BCUT2D eigenvalue weighted by molar-refractivity contribution is 6.06. The fourth-order valence-electron chi connectivity index (χ4n) is 2.79. The van der Waals surface area contributed by atoms with E-state index >= 15 is 0 Å². The predicted molar refractivity (Wildman–Crippen MR) is 91.3 cm³/mol. The Morgan fingerprint density at radius 3 is 2.60 bits per heavy atom. The highest BCUT2D eigenvalue weighted by Crippen LogP contribution is 2.26. The van der Waals surface area contributed by atoms with Crippen LogP contribution in [0, 0.1) is 5.92 Å². The molecule has 0 aliphatic carbocycles. The average Bonchev–Trinajstić information content (AvgIpc) is 3.14. The van der Waals surface area contributed by atoms with Crippen molar-refractivity contribution in [3.63, 3.8) is 0 Å². The van der Waals surface area contributed by atoms with Crippen LogP contribution in [0.4, 0.5) is 4.79 Å². The Bertz CT molecular complexity index is 772. The molecule has 3 amide bonds. The number of aromatic nitrogens is 2. The van der Waals surface area contributed by atoms with E-state index in [1.165, 1.54) is 0 Å². The highest BCUT2D eigenvalue weighted by Gasteiger charge is 2.47. The molecule has 1 atom stereocenters. The molecule has 1 aliphatic heterocycles. The van der Waals surface area contributed by atoms with E-state index in [4.69, 9.17) is 4.42 Å². The van der Waals surface area contributed by atoms with Gasteiger partial charge in [-0.2, -0.15) is 0 Å². The van der Waals surface area contributed by atoms with Crippen molar-refractivity contribution in [2.75, 3.05) is 0 Å². The molecule has 1 aliphatic rings. The van der Waals surface area contributed by atoms with Gasteiger partial charge < -0.3 is 9.73 Å². The molecule has 3 rings (SSSR count). The summed E-state index contributed by atoms with van der Waals surface area (Å²) in [5.74, 6) is 0.804. The predicted octanol–water partition coefficient (Wildman–Crippen LogP) is 2.98. The average molecular weight is 342 g/mol. The lowest BCUT2D eigenvalue weighted by atomic mass is 9.92. The molecule has 1 aromatic carbocycles. The number of nitrogens with one attached hydrogen (secondary N) is 1. The van der Waals surface area contributed by atoms with Crippen LogP contribution >= 0.6 is 0 Å². The van der Waals surface area contributed by atoms with Crippen LogP contribution in [-0.4, -0.2) is 32.6 Å². The summed E-state index contributed by atoms with van der Waals surface area (Å²) in [7, 11) is 0. The number of urea groups is 1. The van der Waals surface area contributed by atoms with Gasteiger partial charge in [-0.15, -0.1) is 10.2 Å². The molecule has 1 saturated heterocycles. The van der Waals surface area contributed by atoms with Crippen molar-refractivity contribution in [2.24, 2.45) is 5.92 Å². The van der Waals surface area contributed by atoms with Crippen LogP contribution in [0.15, 0.2) is 34.7 Å². The van der Waals surface area contributed by atoms with E-state index in [0.29, 0.717) is 18.2 Å². The van der Waals surface area contributed by atoms with E-state index in [1.54, 1.807) is 6.92 Å². The third-order valence-corrected chi connectivity index (χ3v) is 4.35. The van der Waals surface area contributed by atoms with Crippen molar-refractivity contribution in [1.29, 1.82) is 0 Å². The van der Waals surface area contributed by atoms with E-state index in [-0.39, 0.29) is 18.3 Å². The summed E-state index contributed by atoms with van der Waals surface area (Å²) < 4.78 is 5.60. The minimum absolute atomic E-state index is 0.0260. The Morgan fingerprint density at radius 1 is 1.20 bits per heavy atom. The number of nitrogens with zero attached hydrogens (tertiary/aromatic N) is 3. The van der Waals surface area contributed by atoms with Crippen LogP contribution in [-0.2, 0) is 11.3 Å². The zero-order chi connectivity index (χ0) is 18.0. The largest absolute Gasteiger partial charge is 0.419 e. The number of carbonyl (C=O) groups excluding carboxylic acids is 2. The summed E-state index contributed by atoms with van der Waals surface area (Å²) in [5.41, 5.74) is -0.0795. The zero-order valence-electron chi connectivity index (χ0n) is 14.7. The van der Waals surface area contributed by atoms with Gasteiger partial charge in [0.05, 0.1) is 0 Å². The van der Waals surface area contributed by atoms with Gasteiger partial charge >= 0.3 is 6.03 Å². The Balaban J connectivity index is 1.72. The smallest absolute Gasteiger partial charge is 0.325 e. The van der Waals surface area contributed by atoms with Crippen molar-refractivity contribution in [1.82, 2.24) is 20.4 Å². The minimum Gasteiger partial charge on any atom is -0.419 e. The molecule has 1 N–H and O–H groups in total. The topological polar surface area (TPSA) is 88.3 Å². The van der Waals surface area contributed by atoms with Gasteiger partial charge in [0.15, 0.2) is 0 Å². The molecule has 0 saturated carbocycles. The van der Waals surface area contributed by atoms with Crippen molar-refractivity contribution in [3.05, 3.63) is 36.2 Å². The van der Waals surface area contributed by atoms with Crippen molar-refractivity contribution in [2.45, 2.75) is 45.7 Å². The van der Waals surface area contributed by atoms with E-state index in [1.807, 2.05) is 30.3 Å². The van der Waals surface area contributed by atoms with Gasteiger partial charge in [-0.05, 0) is 37.8 Å². The maximum absolute atomic E-state index is 12.7. The molecule has 1 aromatic heterocycles. The van der Waals surface area contributed by atoms with Crippen LogP contribution in [0.2, 0.25) is 0 Å². The number of hydrogen-bond donors (Lipinski definition) is 1. The van der Waals surface area contributed by atoms with Gasteiger partial charge in [0.1, 0.15) is 12.1 Å². The molecule has 7 nitrogen and oxygen atoms in total. The molecule has 0 spiro atoms. The zero-order valence-corrected chi connectivity index (χ0v) is 14.7. The fraction of sp³-hybridized carbons (Fsp3) is 0.444. The van der Waals surface area contributed by atoms with Crippen LogP contribution < -0.4 is 5.32 Å². The van der Waals surface area contributed by atoms with E-state index in [0.717, 1.165) is 16.9 Å². The first-order valence-electron chi connectivity index (χ1n) is 8.41. The summed E-state index contributed by atoms with van der Waals surface area (Å²) in [6.07, 6.45) is 1.46. The number of imide groups is 1. The van der Waals surface area contributed by atoms with Gasteiger partial charge in [0, 0.05) is 5.56 Å². The number of benzene rings is 1. The van der Waals surface area contributed by atoms with Gasteiger partial charge in [0.2, 0.25) is 11.8 Å². The molecule has 132 valence electrons. The van der Waals surface area contributed by atoms with E-state index in [2.05, 4.69) is 29.4 Å². The molecule has 2 heterocycles. The number of carbonyl (C=O) groups is 2. The third-order valence-electron chi connectivity index (χ3n) is 4.35. The van der Waals surface area contributed by atoms with Crippen LogP contribution in [0.25, 0.3) is 11.5 Å². The molecular formula is C18H22N4O3. The Morgan fingerprint density at radius 2 is 1.92 bits per heavy atom. The summed E-state index contributed by atoms with van der Waals surface area (Å²) in [4.78, 5) is 26.1. The molecular weight excluding hydrogens is 320 g/mol. The lowest BCUT2D eigenvalue weighted by Gasteiger charge is -2.22. The Kier molecular flexibility index (Phi) is 4.57. The fourth-order valence-corrected chi connectivity index (χ4v) is 2.79. The quantitative estimate of drug-likeness (QED) is 0.815. The summed E-state index contributed by atoms with van der Waals surface area (Å²) in [6, 6.07) is 8.93.